The van der Waals surface area contributed by atoms with Crippen molar-refractivity contribution in [2.45, 2.75) is 32.6 Å². The third-order valence-corrected chi connectivity index (χ3v) is 2.24. The fraction of sp³-hybridized carbons (Fsp3) is 0.667. The maximum absolute atomic E-state index is 5.60. The highest BCUT2D eigenvalue weighted by Crippen LogP contribution is 2.00. The highest BCUT2D eigenvalue weighted by atomic mass is 15.1. The molecular weight excluding hydrogens is 228 g/mol. The molecule has 0 atom stereocenters. The van der Waals surface area contributed by atoms with Crippen LogP contribution in [0.5, 0.6) is 0 Å². The second-order valence-corrected chi connectivity index (χ2v) is 3.83. The van der Waals surface area contributed by atoms with Crippen LogP contribution in [-0.4, -0.2) is 31.6 Å². The Bertz CT molecular complexity index is 272. The van der Waals surface area contributed by atoms with Crippen LogP contribution in [0.1, 0.15) is 32.6 Å². The normalized spacial score (nSPS) is 12.3. The van der Waals surface area contributed by atoms with Crippen LogP contribution in [-0.2, 0) is 0 Å². The Hall–Kier alpha value is -1.72. The first-order valence-electron chi connectivity index (χ1n) is 6.41. The van der Waals surface area contributed by atoms with E-state index in [9.17, 15) is 0 Å². The van der Waals surface area contributed by atoms with Gasteiger partial charge in [0.1, 0.15) is 0 Å². The number of rotatable bonds is 9. The van der Waals surface area contributed by atoms with E-state index in [-0.39, 0.29) is 0 Å². The number of aliphatic imine (C=N–C) groups is 2. The summed E-state index contributed by atoms with van der Waals surface area (Å²) in [6, 6.07) is 0. The fourth-order valence-corrected chi connectivity index (χ4v) is 1.36. The van der Waals surface area contributed by atoms with Gasteiger partial charge in [-0.1, -0.05) is 19.4 Å². The molecule has 0 saturated heterocycles. The van der Waals surface area contributed by atoms with E-state index in [1.165, 1.54) is 6.20 Å². The van der Waals surface area contributed by atoms with Crippen LogP contribution in [0.2, 0.25) is 0 Å². The Morgan fingerprint density at radius 1 is 1.06 bits per heavy atom. The lowest BCUT2D eigenvalue weighted by molar-refractivity contribution is 0.652. The number of nitrogens with zero attached hydrogens (tertiary/aromatic N) is 2. The van der Waals surface area contributed by atoms with Crippen LogP contribution in [0, 0.1) is 0 Å². The van der Waals surface area contributed by atoms with Crippen LogP contribution < -0.4 is 22.1 Å². The summed E-state index contributed by atoms with van der Waals surface area (Å²) in [6.07, 6.45) is 5.86. The molecule has 0 radical (unpaired) electrons. The number of nitrogens with two attached hydrogens (primary N) is 2. The van der Waals surface area contributed by atoms with E-state index in [1.807, 2.05) is 6.92 Å². The Morgan fingerprint density at radius 3 is 2.11 bits per heavy atom. The van der Waals surface area contributed by atoms with Gasteiger partial charge in [0, 0.05) is 19.6 Å². The molecule has 6 heteroatoms. The Kier molecular flexibility index (Phi) is 10.6. The quantitative estimate of drug-likeness (QED) is 0.274. The monoisotopic (exact) mass is 254 g/mol. The maximum Gasteiger partial charge on any atom is 0.192 e. The molecule has 0 fully saturated rings. The van der Waals surface area contributed by atoms with Gasteiger partial charge in [0.25, 0.3) is 0 Å². The van der Waals surface area contributed by atoms with E-state index < -0.39 is 0 Å². The molecule has 0 aliphatic carbocycles. The van der Waals surface area contributed by atoms with Crippen LogP contribution in [0.3, 0.4) is 0 Å². The minimum atomic E-state index is 0.424. The molecule has 0 bridgehead atoms. The molecule has 0 spiro atoms. The SMILES string of the molecule is C=CNC(N)=NCCCCCCN=C(N)NCC. The minimum absolute atomic E-state index is 0.424. The molecule has 6 N–H and O–H groups in total. The molecular formula is C12H26N6. The van der Waals surface area contributed by atoms with E-state index in [1.54, 1.807) is 0 Å². The summed E-state index contributed by atoms with van der Waals surface area (Å²) in [4.78, 5) is 8.34. The first kappa shape index (κ1) is 16.3. The molecule has 0 unspecified atom stereocenters. The van der Waals surface area contributed by atoms with Gasteiger partial charge in [0.2, 0.25) is 0 Å². The van der Waals surface area contributed by atoms with E-state index in [0.717, 1.165) is 45.3 Å². The van der Waals surface area contributed by atoms with Crippen LogP contribution in [0.25, 0.3) is 0 Å². The molecule has 0 heterocycles. The van der Waals surface area contributed by atoms with Gasteiger partial charge in [-0.25, -0.2) is 0 Å². The zero-order chi connectivity index (χ0) is 13.6. The van der Waals surface area contributed by atoms with Crippen molar-refractivity contribution in [3.05, 3.63) is 12.8 Å². The molecule has 0 aromatic carbocycles. The summed E-state index contributed by atoms with van der Waals surface area (Å²) in [5.74, 6) is 0.957. The topological polar surface area (TPSA) is 101 Å². The Morgan fingerprint density at radius 2 is 1.61 bits per heavy atom. The molecule has 0 saturated carbocycles. The zero-order valence-corrected chi connectivity index (χ0v) is 11.3. The van der Waals surface area contributed by atoms with Crippen molar-refractivity contribution >= 4 is 11.9 Å². The van der Waals surface area contributed by atoms with Crippen molar-refractivity contribution in [1.29, 1.82) is 0 Å². The Balaban J connectivity index is 3.38. The third kappa shape index (κ3) is 10.8. The second kappa shape index (κ2) is 11.8. The first-order chi connectivity index (χ1) is 8.70. The van der Waals surface area contributed by atoms with Crippen LogP contribution in [0.4, 0.5) is 0 Å². The Labute approximate surface area is 110 Å². The van der Waals surface area contributed by atoms with Crippen molar-refractivity contribution < 1.29 is 0 Å². The molecule has 0 amide bonds. The standard InChI is InChI=1S/C12H26N6/c1-3-15-11(13)17-9-7-5-6-8-10-18-12(14)16-4-2/h3H,1,4-10H2,2H3,(H3,13,15,17)(H3,14,16,18). The van der Waals surface area contributed by atoms with Gasteiger partial charge in [-0.3, -0.25) is 9.98 Å². The average molecular weight is 254 g/mol. The molecule has 0 aliphatic rings. The lowest BCUT2D eigenvalue weighted by Crippen LogP contribution is -2.31. The fourth-order valence-electron chi connectivity index (χ4n) is 1.36. The van der Waals surface area contributed by atoms with Crippen LogP contribution >= 0.6 is 0 Å². The third-order valence-electron chi connectivity index (χ3n) is 2.24. The van der Waals surface area contributed by atoms with E-state index in [4.69, 9.17) is 11.5 Å². The highest BCUT2D eigenvalue weighted by Gasteiger charge is 1.91. The minimum Gasteiger partial charge on any atom is -0.370 e. The predicted molar refractivity (Wildman–Crippen MR) is 78.5 cm³/mol. The second-order valence-electron chi connectivity index (χ2n) is 3.83. The van der Waals surface area contributed by atoms with Crippen molar-refractivity contribution in [2.24, 2.45) is 21.5 Å². The molecule has 0 aromatic heterocycles. The summed E-state index contributed by atoms with van der Waals surface area (Å²) in [5.41, 5.74) is 11.1. The number of nitrogens with one attached hydrogen (secondary N) is 2. The highest BCUT2D eigenvalue weighted by molar-refractivity contribution is 5.78. The number of unbranched alkanes of at least 4 members (excludes halogenated alkanes) is 3. The van der Waals surface area contributed by atoms with Crippen molar-refractivity contribution in [3.8, 4) is 0 Å². The predicted octanol–water partition coefficient (Wildman–Crippen LogP) is 0.519. The summed E-state index contributed by atoms with van der Waals surface area (Å²) < 4.78 is 0. The first-order valence-corrected chi connectivity index (χ1v) is 6.41. The molecule has 18 heavy (non-hydrogen) atoms. The van der Waals surface area contributed by atoms with E-state index >= 15 is 0 Å². The average Bonchev–Trinajstić information content (AvgIpc) is 2.33. The van der Waals surface area contributed by atoms with E-state index in [2.05, 4.69) is 27.2 Å². The lowest BCUT2D eigenvalue weighted by Gasteiger charge is -2.02. The van der Waals surface area contributed by atoms with Crippen molar-refractivity contribution in [2.75, 3.05) is 19.6 Å². The van der Waals surface area contributed by atoms with Gasteiger partial charge in [-0.05, 0) is 26.0 Å². The summed E-state index contributed by atoms with van der Waals surface area (Å²) in [7, 11) is 0. The zero-order valence-electron chi connectivity index (χ0n) is 11.3. The lowest BCUT2D eigenvalue weighted by atomic mass is 10.2. The summed E-state index contributed by atoms with van der Waals surface area (Å²) >= 11 is 0. The van der Waals surface area contributed by atoms with Crippen molar-refractivity contribution in [3.63, 3.8) is 0 Å². The van der Waals surface area contributed by atoms with Gasteiger partial charge < -0.3 is 22.1 Å². The van der Waals surface area contributed by atoms with Gasteiger partial charge in [0.15, 0.2) is 11.9 Å². The van der Waals surface area contributed by atoms with E-state index in [0.29, 0.717) is 11.9 Å². The van der Waals surface area contributed by atoms with Gasteiger partial charge in [0.05, 0.1) is 0 Å². The number of hydrogen-bond donors (Lipinski definition) is 4. The summed E-state index contributed by atoms with van der Waals surface area (Å²) in [5, 5.41) is 5.70. The molecule has 6 nitrogen and oxygen atoms in total. The molecule has 0 aliphatic heterocycles. The van der Waals surface area contributed by atoms with Gasteiger partial charge in [-0.2, -0.15) is 0 Å². The van der Waals surface area contributed by atoms with Gasteiger partial charge >= 0.3 is 0 Å². The largest absolute Gasteiger partial charge is 0.370 e. The maximum atomic E-state index is 5.60. The molecule has 0 rings (SSSR count). The molecule has 104 valence electrons. The number of guanidine groups is 2. The smallest absolute Gasteiger partial charge is 0.192 e. The van der Waals surface area contributed by atoms with Crippen molar-refractivity contribution in [1.82, 2.24) is 10.6 Å². The summed E-state index contributed by atoms with van der Waals surface area (Å²) in [6.45, 7) is 7.84. The van der Waals surface area contributed by atoms with Crippen LogP contribution in [0.15, 0.2) is 22.8 Å². The van der Waals surface area contributed by atoms with Gasteiger partial charge in [-0.15, -0.1) is 0 Å². The number of hydrogen-bond acceptors (Lipinski definition) is 2. The molecule has 0 aromatic rings.